The van der Waals surface area contributed by atoms with Crippen LogP contribution in [0.1, 0.15) is 17.5 Å². The fraction of sp³-hybridized carbons (Fsp3) is 0.188. The van der Waals surface area contributed by atoms with Crippen LogP contribution >= 0.6 is 15.9 Å². The summed E-state index contributed by atoms with van der Waals surface area (Å²) in [7, 11) is 0. The molecule has 0 fully saturated rings. The number of carbonyl (C=O) groups is 1. The molecule has 0 radical (unpaired) electrons. The van der Waals surface area contributed by atoms with Crippen molar-refractivity contribution in [1.29, 1.82) is 0 Å². The number of hydrogen-bond donors (Lipinski definition) is 2. The number of rotatable bonds is 3. The highest BCUT2D eigenvalue weighted by molar-refractivity contribution is 9.10. The molecule has 4 nitrogen and oxygen atoms in total. The highest BCUT2D eigenvalue weighted by Gasteiger charge is 2.15. The van der Waals surface area contributed by atoms with Crippen LogP contribution in [0.3, 0.4) is 0 Å². The molecule has 2 aromatic rings. The molecule has 2 N–H and O–H groups in total. The first-order valence-corrected chi connectivity index (χ1v) is 7.45. The van der Waals surface area contributed by atoms with Gasteiger partial charge in [0.15, 0.2) is 0 Å². The Bertz CT molecular complexity index is 700. The summed E-state index contributed by atoms with van der Waals surface area (Å²) in [5.41, 5.74) is 2.63. The van der Waals surface area contributed by atoms with Crippen molar-refractivity contribution in [3.05, 3.63) is 52.0 Å². The number of benzene rings is 2. The van der Waals surface area contributed by atoms with E-state index in [1.54, 1.807) is 0 Å². The van der Waals surface area contributed by atoms with Crippen LogP contribution in [0.4, 0.5) is 5.69 Å². The minimum absolute atomic E-state index is 0.0478. The van der Waals surface area contributed by atoms with E-state index in [9.17, 15) is 9.90 Å². The van der Waals surface area contributed by atoms with Gasteiger partial charge in [0.05, 0.1) is 6.61 Å². The second-order valence-electron chi connectivity index (χ2n) is 4.88. The molecule has 1 amide bonds. The van der Waals surface area contributed by atoms with Gasteiger partial charge in [0.2, 0.25) is 5.91 Å². The van der Waals surface area contributed by atoms with Crippen LogP contribution in [0.15, 0.2) is 40.9 Å². The zero-order valence-corrected chi connectivity index (χ0v) is 12.8. The first-order chi connectivity index (χ1) is 10.2. The Morgan fingerprint density at radius 3 is 2.86 bits per heavy atom. The second-order valence-corrected chi connectivity index (χ2v) is 5.80. The number of hydrogen-bond acceptors (Lipinski definition) is 3. The fourth-order valence-corrected chi connectivity index (χ4v) is 2.73. The minimum Gasteiger partial charge on any atom is -0.457 e. The third-order valence-corrected chi connectivity index (χ3v) is 3.89. The van der Waals surface area contributed by atoms with Gasteiger partial charge in [0.1, 0.15) is 11.5 Å². The average molecular weight is 348 g/mol. The van der Waals surface area contributed by atoms with Crippen LogP contribution in [-0.2, 0) is 17.8 Å². The molecule has 1 heterocycles. The number of aryl methyl sites for hydroxylation is 1. The molecule has 0 bridgehead atoms. The molecule has 0 aromatic heterocycles. The molecule has 0 atom stereocenters. The van der Waals surface area contributed by atoms with Crippen LogP contribution in [0.2, 0.25) is 0 Å². The smallest absolute Gasteiger partial charge is 0.224 e. The van der Waals surface area contributed by atoms with Gasteiger partial charge in [0.25, 0.3) is 0 Å². The molecular formula is C16H14BrNO3. The number of carbonyl (C=O) groups excluding carboxylic acids is 1. The molecule has 21 heavy (non-hydrogen) atoms. The molecule has 3 rings (SSSR count). The molecule has 0 saturated heterocycles. The van der Waals surface area contributed by atoms with E-state index in [0.717, 1.165) is 21.3 Å². The zero-order valence-electron chi connectivity index (χ0n) is 11.2. The predicted molar refractivity (Wildman–Crippen MR) is 83.5 cm³/mol. The lowest BCUT2D eigenvalue weighted by Crippen LogP contribution is -2.18. The van der Waals surface area contributed by atoms with Gasteiger partial charge in [-0.2, -0.15) is 0 Å². The predicted octanol–water partition coefficient (Wildman–Crippen LogP) is 3.62. The standard InChI is InChI=1S/C16H14BrNO3/c17-12-2-5-15(11(7-12)9-19)21-13-3-4-14-10(8-13)1-6-16(20)18-14/h2-5,7-8,19H,1,6,9H2,(H,18,20). The summed E-state index contributed by atoms with van der Waals surface area (Å²) in [6.45, 7) is -0.0875. The Balaban J connectivity index is 1.87. The Morgan fingerprint density at radius 2 is 2.05 bits per heavy atom. The second kappa shape index (κ2) is 5.87. The number of nitrogens with one attached hydrogen (secondary N) is 1. The minimum atomic E-state index is -0.0875. The summed E-state index contributed by atoms with van der Waals surface area (Å²) in [5.74, 6) is 1.37. The molecule has 0 saturated carbocycles. The Hall–Kier alpha value is -1.85. The maximum absolute atomic E-state index is 11.3. The van der Waals surface area contributed by atoms with Crippen molar-refractivity contribution < 1.29 is 14.6 Å². The van der Waals surface area contributed by atoms with Crippen molar-refractivity contribution in [2.45, 2.75) is 19.4 Å². The molecule has 1 aliphatic rings. The van der Waals surface area contributed by atoms with Crippen LogP contribution in [-0.4, -0.2) is 11.0 Å². The van der Waals surface area contributed by atoms with Gasteiger partial charge in [-0.3, -0.25) is 4.79 Å². The van der Waals surface area contributed by atoms with Crippen molar-refractivity contribution in [2.75, 3.05) is 5.32 Å². The summed E-state index contributed by atoms with van der Waals surface area (Å²) >= 11 is 3.37. The van der Waals surface area contributed by atoms with Crippen LogP contribution < -0.4 is 10.1 Å². The van der Waals surface area contributed by atoms with E-state index in [1.165, 1.54) is 0 Å². The highest BCUT2D eigenvalue weighted by atomic mass is 79.9. The van der Waals surface area contributed by atoms with E-state index in [-0.39, 0.29) is 12.5 Å². The Labute approximate surface area is 130 Å². The molecule has 2 aromatic carbocycles. The summed E-state index contributed by atoms with van der Waals surface area (Å²) < 4.78 is 6.75. The molecule has 0 aliphatic carbocycles. The number of ether oxygens (including phenoxy) is 1. The molecule has 1 aliphatic heterocycles. The molecule has 0 unspecified atom stereocenters. The van der Waals surface area contributed by atoms with Crippen LogP contribution in [0.25, 0.3) is 0 Å². The molecular weight excluding hydrogens is 334 g/mol. The lowest BCUT2D eigenvalue weighted by molar-refractivity contribution is -0.116. The van der Waals surface area contributed by atoms with E-state index in [0.29, 0.717) is 24.3 Å². The summed E-state index contributed by atoms with van der Waals surface area (Å²) in [6.07, 6.45) is 1.21. The van der Waals surface area contributed by atoms with Gasteiger partial charge in [-0.15, -0.1) is 0 Å². The number of halogens is 1. The van der Waals surface area contributed by atoms with E-state index < -0.39 is 0 Å². The van der Waals surface area contributed by atoms with Crippen molar-refractivity contribution >= 4 is 27.5 Å². The first kappa shape index (κ1) is 14.1. The average Bonchev–Trinajstić information content (AvgIpc) is 2.49. The summed E-state index contributed by atoms with van der Waals surface area (Å²) in [5, 5.41) is 12.2. The largest absolute Gasteiger partial charge is 0.457 e. The summed E-state index contributed by atoms with van der Waals surface area (Å²) in [6, 6.07) is 11.1. The van der Waals surface area contributed by atoms with Gasteiger partial charge in [-0.25, -0.2) is 0 Å². The van der Waals surface area contributed by atoms with Gasteiger partial charge in [-0.05, 0) is 48.4 Å². The normalized spacial score (nSPS) is 13.5. The lowest BCUT2D eigenvalue weighted by Gasteiger charge is -2.18. The topological polar surface area (TPSA) is 58.6 Å². The quantitative estimate of drug-likeness (QED) is 0.891. The molecule has 0 spiro atoms. The van der Waals surface area contributed by atoms with Crippen molar-refractivity contribution in [1.82, 2.24) is 0 Å². The molecule has 5 heteroatoms. The Kier molecular flexibility index (Phi) is 3.94. The fourth-order valence-electron chi connectivity index (χ4n) is 2.32. The van der Waals surface area contributed by atoms with Crippen LogP contribution in [0.5, 0.6) is 11.5 Å². The number of anilines is 1. The molecule has 108 valence electrons. The number of aliphatic hydroxyl groups excluding tert-OH is 1. The maximum atomic E-state index is 11.3. The maximum Gasteiger partial charge on any atom is 0.224 e. The van der Waals surface area contributed by atoms with E-state index >= 15 is 0 Å². The van der Waals surface area contributed by atoms with E-state index in [2.05, 4.69) is 21.2 Å². The van der Waals surface area contributed by atoms with E-state index in [1.807, 2.05) is 36.4 Å². The van der Waals surface area contributed by atoms with Gasteiger partial charge >= 0.3 is 0 Å². The zero-order chi connectivity index (χ0) is 14.8. The third kappa shape index (κ3) is 3.09. The first-order valence-electron chi connectivity index (χ1n) is 6.65. The van der Waals surface area contributed by atoms with Crippen molar-refractivity contribution in [2.24, 2.45) is 0 Å². The third-order valence-electron chi connectivity index (χ3n) is 3.39. The number of aliphatic hydroxyl groups is 1. The van der Waals surface area contributed by atoms with Crippen molar-refractivity contribution in [3.8, 4) is 11.5 Å². The lowest BCUT2D eigenvalue weighted by atomic mass is 10.0. The Morgan fingerprint density at radius 1 is 1.19 bits per heavy atom. The summed E-state index contributed by atoms with van der Waals surface area (Å²) in [4.78, 5) is 11.3. The SMILES string of the molecule is O=C1CCc2cc(Oc3ccc(Br)cc3CO)ccc2N1. The van der Waals surface area contributed by atoms with Gasteiger partial charge in [0, 0.05) is 22.1 Å². The van der Waals surface area contributed by atoms with Gasteiger partial charge < -0.3 is 15.2 Å². The van der Waals surface area contributed by atoms with Crippen LogP contribution in [0, 0.1) is 0 Å². The van der Waals surface area contributed by atoms with E-state index in [4.69, 9.17) is 4.74 Å². The number of amides is 1. The highest BCUT2D eigenvalue weighted by Crippen LogP contribution is 2.32. The monoisotopic (exact) mass is 347 g/mol. The number of fused-ring (bicyclic) bond motifs is 1. The van der Waals surface area contributed by atoms with Crippen molar-refractivity contribution in [3.63, 3.8) is 0 Å². The van der Waals surface area contributed by atoms with Gasteiger partial charge in [-0.1, -0.05) is 15.9 Å².